The molecule has 3 nitrogen and oxygen atoms in total. The first-order valence-corrected chi connectivity index (χ1v) is 7.45. The van der Waals surface area contributed by atoms with Gasteiger partial charge in [0.1, 0.15) is 0 Å². The zero-order valence-corrected chi connectivity index (χ0v) is 12.8. The molecule has 20 heavy (non-hydrogen) atoms. The van der Waals surface area contributed by atoms with Crippen LogP contribution >= 0.6 is 0 Å². The van der Waals surface area contributed by atoms with Crippen molar-refractivity contribution in [3.63, 3.8) is 0 Å². The van der Waals surface area contributed by atoms with E-state index in [1.807, 2.05) is 13.0 Å². The van der Waals surface area contributed by atoms with E-state index in [1.54, 1.807) is 12.1 Å². The minimum absolute atomic E-state index is 0.280. The Morgan fingerprint density at radius 3 is 2.80 bits per heavy atom. The summed E-state index contributed by atoms with van der Waals surface area (Å²) >= 11 is 0. The Bertz CT molecular complexity index is 450. The lowest BCUT2D eigenvalue weighted by Crippen LogP contribution is -2.57. The van der Waals surface area contributed by atoms with Crippen molar-refractivity contribution in [1.29, 1.82) is 0 Å². The molecular weight excluding hydrogens is 255 g/mol. The predicted molar refractivity (Wildman–Crippen MR) is 81.0 cm³/mol. The van der Waals surface area contributed by atoms with E-state index in [0.717, 1.165) is 18.8 Å². The van der Waals surface area contributed by atoms with Crippen LogP contribution in [0.5, 0.6) is 5.75 Å². The average molecular weight is 280 g/mol. The van der Waals surface area contributed by atoms with Gasteiger partial charge in [0.15, 0.2) is 11.6 Å². The Labute approximate surface area is 121 Å². The summed E-state index contributed by atoms with van der Waals surface area (Å²) in [6.45, 7) is 10.8. The molecule has 1 aliphatic rings. The predicted octanol–water partition coefficient (Wildman–Crippen LogP) is 3.05. The molecule has 1 saturated heterocycles. The van der Waals surface area contributed by atoms with E-state index in [4.69, 9.17) is 4.74 Å². The van der Waals surface area contributed by atoms with Crippen LogP contribution in [0, 0.1) is 11.7 Å². The summed E-state index contributed by atoms with van der Waals surface area (Å²) in [5.41, 5.74) is 0.943. The fourth-order valence-electron chi connectivity index (χ4n) is 2.76. The second kappa shape index (κ2) is 6.44. The smallest absolute Gasteiger partial charge is 0.167 e. The van der Waals surface area contributed by atoms with Crippen LogP contribution in [0.25, 0.3) is 0 Å². The van der Waals surface area contributed by atoms with E-state index >= 15 is 0 Å². The Morgan fingerprint density at radius 2 is 2.20 bits per heavy atom. The van der Waals surface area contributed by atoms with Crippen LogP contribution in [0.4, 0.5) is 10.1 Å². The maximum Gasteiger partial charge on any atom is 0.167 e. The van der Waals surface area contributed by atoms with E-state index in [-0.39, 0.29) is 5.82 Å². The van der Waals surface area contributed by atoms with E-state index in [0.29, 0.717) is 30.4 Å². The highest BCUT2D eigenvalue weighted by Crippen LogP contribution is 2.28. The first-order chi connectivity index (χ1) is 9.52. The van der Waals surface area contributed by atoms with Crippen LogP contribution < -0.4 is 15.0 Å². The standard InChI is InChI=1S/C16H25FN2O/c1-5-20-16-7-6-13(8-14(16)17)19-10-12(4)18-9-15(19)11(2)3/h6-8,11-12,15,18H,5,9-10H2,1-4H3. The molecule has 0 spiro atoms. The normalized spacial score (nSPS) is 23.2. The van der Waals surface area contributed by atoms with Crippen molar-refractivity contribution in [2.75, 3.05) is 24.6 Å². The molecule has 0 aliphatic carbocycles. The number of hydrogen-bond acceptors (Lipinski definition) is 3. The molecule has 0 radical (unpaired) electrons. The molecule has 1 fully saturated rings. The van der Waals surface area contributed by atoms with Gasteiger partial charge in [0, 0.05) is 36.9 Å². The van der Waals surface area contributed by atoms with Gasteiger partial charge in [-0.15, -0.1) is 0 Å². The molecule has 1 aromatic carbocycles. The molecule has 1 aromatic rings. The minimum Gasteiger partial charge on any atom is -0.491 e. The highest BCUT2D eigenvalue weighted by atomic mass is 19.1. The van der Waals surface area contributed by atoms with Crippen LogP contribution in [-0.4, -0.2) is 31.8 Å². The van der Waals surface area contributed by atoms with E-state index in [2.05, 4.69) is 31.0 Å². The molecule has 0 saturated carbocycles. The van der Waals surface area contributed by atoms with Crippen molar-refractivity contribution >= 4 is 5.69 Å². The quantitative estimate of drug-likeness (QED) is 0.917. The van der Waals surface area contributed by atoms with Crippen LogP contribution in [0.3, 0.4) is 0 Å². The van der Waals surface area contributed by atoms with Gasteiger partial charge in [-0.3, -0.25) is 0 Å². The van der Waals surface area contributed by atoms with Crippen LogP contribution in [0.2, 0.25) is 0 Å². The average Bonchev–Trinajstić information content (AvgIpc) is 2.40. The van der Waals surface area contributed by atoms with Crippen molar-refractivity contribution in [2.45, 2.75) is 39.8 Å². The van der Waals surface area contributed by atoms with Crippen molar-refractivity contribution in [3.05, 3.63) is 24.0 Å². The Kier molecular flexibility index (Phi) is 4.86. The van der Waals surface area contributed by atoms with Crippen molar-refractivity contribution in [1.82, 2.24) is 5.32 Å². The van der Waals surface area contributed by atoms with Crippen LogP contribution in [0.15, 0.2) is 18.2 Å². The summed E-state index contributed by atoms with van der Waals surface area (Å²) in [6.07, 6.45) is 0. The lowest BCUT2D eigenvalue weighted by Gasteiger charge is -2.43. The number of anilines is 1. The third kappa shape index (κ3) is 3.23. The lowest BCUT2D eigenvalue weighted by atomic mass is 9.98. The second-order valence-corrected chi connectivity index (χ2v) is 5.82. The van der Waals surface area contributed by atoms with Gasteiger partial charge in [0.05, 0.1) is 6.61 Å². The third-order valence-electron chi connectivity index (χ3n) is 3.86. The maximum atomic E-state index is 14.1. The highest BCUT2D eigenvalue weighted by Gasteiger charge is 2.28. The molecule has 1 N–H and O–H groups in total. The van der Waals surface area contributed by atoms with Gasteiger partial charge in [-0.05, 0) is 31.9 Å². The van der Waals surface area contributed by atoms with Crippen molar-refractivity contribution in [3.8, 4) is 5.75 Å². The lowest BCUT2D eigenvalue weighted by molar-refractivity contribution is 0.320. The Hall–Kier alpha value is -1.29. The molecule has 4 heteroatoms. The number of piperazine rings is 1. The highest BCUT2D eigenvalue weighted by molar-refractivity contribution is 5.51. The van der Waals surface area contributed by atoms with Gasteiger partial charge in [-0.25, -0.2) is 4.39 Å². The number of nitrogens with one attached hydrogen (secondary N) is 1. The van der Waals surface area contributed by atoms with Gasteiger partial charge < -0.3 is 15.0 Å². The molecule has 0 bridgehead atoms. The number of halogens is 1. The van der Waals surface area contributed by atoms with E-state index in [1.165, 1.54) is 0 Å². The number of ether oxygens (including phenoxy) is 1. The van der Waals surface area contributed by atoms with Gasteiger partial charge in [0.25, 0.3) is 0 Å². The zero-order valence-electron chi connectivity index (χ0n) is 12.8. The largest absolute Gasteiger partial charge is 0.491 e. The van der Waals surface area contributed by atoms with Gasteiger partial charge in [-0.2, -0.15) is 0 Å². The number of nitrogens with zero attached hydrogens (tertiary/aromatic N) is 1. The molecule has 2 atom stereocenters. The minimum atomic E-state index is -0.280. The Balaban J connectivity index is 2.25. The first kappa shape index (κ1) is 15.1. The monoisotopic (exact) mass is 280 g/mol. The van der Waals surface area contributed by atoms with Crippen molar-refractivity contribution < 1.29 is 9.13 Å². The Morgan fingerprint density at radius 1 is 1.45 bits per heavy atom. The SMILES string of the molecule is CCOc1ccc(N2CC(C)NCC2C(C)C)cc1F. The van der Waals surface area contributed by atoms with Gasteiger partial charge in [-0.1, -0.05) is 13.8 Å². The van der Waals surface area contributed by atoms with Crippen LogP contribution in [-0.2, 0) is 0 Å². The zero-order chi connectivity index (χ0) is 14.7. The topological polar surface area (TPSA) is 24.5 Å². The third-order valence-corrected chi connectivity index (χ3v) is 3.86. The second-order valence-electron chi connectivity index (χ2n) is 5.82. The molecule has 0 amide bonds. The molecular formula is C16H25FN2O. The fraction of sp³-hybridized carbons (Fsp3) is 0.625. The molecule has 2 unspecified atom stereocenters. The van der Waals surface area contributed by atoms with Gasteiger partial charge in [0.2, 0.25) is 0 Å². The summed E-state index contributed by atoms with van der Waals surface area (Å²) in [6, 6.07) is 6.10. The molecule has 112 valence electrons. The fourth-order valence-corrected chi connectivity index (χ4v) is 2.76. The number of rotatable bonds is 4. The maximum absolute atomic E-state index is 14.1. The molecule has 1 aliphatic heterocycles. The molecule has 1 heterocycles. The summed E-state index contributed by atoms with van der Waals surface area (Å²) in [7, 11) is 0. The van der Waals surface area contributed by atoms with E-state index < -0.39 is 0 Å². The van der Waals surface area contributed by atoms with Crippen molar-refractivity contribution in [2.24, 2.45) is 5.92 Å². The summed E-state index contributed by atoms with van der Waals surface area (Å²) in [5, 5.41) is 3.50. The molecule has 0 aromatic heterocycles. The number of hydrogen-bond donors (Lipinski definition) is 1. The number of benzene rings is 1. The molecule has 2 rings (SSSR count). The summed E-state index contributed by atoms with van der Waals surface area (Å²) in [4.78, 5) is 2.31. The first-order valence-electron chi connectivity index (χ1n) is 7.45. The van der Waals surface area contributed by atoms with Crippen LogP contribution in [0.1, 0.15) is 27.7 Å². The van der Waals surface area contributed by atoms with E-state index in [9.17, 15) is 4.39 Å². The summed E-state index contributed by atoms with van der Waals surface area (Å²) in [5.74, 6) is 0.572. The summed E-state index contributed by atoms with van der Waals surface area (Å²) < 4.78 is 19.3. The van der Waals surface area contributed by atoms with Gasteiger partial charge >= 0.3 is 0 Å².